The molecular weight excluding hydrogens is 230 g/mol. The summed E-state index contributed by atoms with van der Waals surface area (Å²) in [4.78, 5) is 0. The normalized spacial score (nSPS) is 19.8. The Kier molecular flexibility index (Phi) is 7.47. The standard InChI is InChI=1S/C18H29N/c1-15(2)6-4-7-16(3)8-5-9-17-10-12-18(14-19)13-11-17/h6,8,10,14,18-19H,4-5,7,9,11-13H2,1-3H3. The maximum absolute atomic E-state index is 7.28. The molecule has 0 fully saturated rings. The summed E-state index contributed by atoms with van der Waals surface area (Å²) in [7, 11) is 0. The molecule has 1 atom stereocenters. The fraction of sp³-hybridized carbons (Fsp3) is 0.611. The van der Waals surface area contributed by atoms with Crippen LogP contribution in [0.2, 0.25) is 0 Å². The average molecular weight is 259 g/mol. The maximum atomic E-state index is 7.28. The Morgan fingerprint density at radius 2 is 2.05 bits per heavy atom. The summed E-state index contributed by atoms with van der Waals surface area (Å²) in [5.74, 6) is 0.505. The third-order valence-electron chi connectivity index (χ3n) is 3.83. The van der Waals surface area contributed by atoms with Crippen molar-refractivity contribution in [3.05, 3.63) is 34.9 Å². The van der Waals surface area contributed by atoms with Crippen molar-refractivity contribution in [2.75, 3.05) is 0 Å². The van der Waals surface area contributed by atoms with Gasteiger partial charge < -0.3 is 5.41 Å². The van der Waals surface area contributed by atoms with E-state index in [1.165, 1.54) is 49.7 Å². The van der Waals surface area contributed by atoms with Crippen LogP contribution in [0, 0.1) is 11.3 Å². The summed E-state index contributed by atoms with van der Waals surface area (Å²) in [6.07, 6.45) is 16.9. The van der Waals surface area contributed by atoms with Crippen molar-refractivity contribution in [2.24, 2.45) is 5.92 Å². The van der Waals surface area contributed by atoms with Crippen LogP contribution in [0.4, 0.5) is 0 Å². The van der Waals surface area contributed by atoms with E-state index < -0.39 is 0 Å². The van der Waals surface area contributed by atoms with Crippen LogP contribution >= 0.6 is 0 Å². The van der Waals surface area contributed by atoms with E-state index in [0.29, 0.717) is 5.92 Å². The molecule has 0 spiro atoms. The Balaban J connectivity index is 2.24. The van der Waals surface area contributed by atoms with Crippen molar-refractivity contribution >= 4 is 6.21 Å². The van der Waals surface area contributed by atoms with Crippen LogP contribution in [0.5, 0.6) is 0 Å². The van der Waals surface area contributed by atoms with E-state index >= 15 is 0 Å². The van der Waals surface area contributed by atoms with Crippen molar-refractivity contribution in [3.8, 4) is 0 Å². The molecule has 0 heterocycles. The van der Waals surface area contributed by atoms with Gasteiger partial charge in [-0.25, -0.2) is 0 Å². The fourth-order valence-corrected chi connectivity index (χ4v) is 2.48. The first-order chi connectivity index (χ1) is 9.11. The van der Waals surface area contributed by atoms with E-state index in [-0.39, 0.29) is 0 Å². The summed E-state index contributed by atoms with van der Waals surface area (Å²) in [5, 5.41) is 7.28. The van der Waals surface area contributed by atoms with Crippen molar-refractivity contribution in [1.29, 1.82) is 5.41 Å². The molecule has 19 heavy (non-hydrogen) atoms. The molecule has 1 unspecified atom stereocenters. The highest BCUT2D eigenvalue weighted by atomic mass is 14.4. The number of hydrogen-bond acceptors (Lipinski definition) is 1. The number of allylic oxidation sites excluding steroid dienone is 6. The molecule has 0 aliphatic heterocycles. The van der Waals surface area contributed by atoms with Gasteiger partial charge in [0.2, 0.25) is 0 Å². The minimum atomic E-state index is 0.505. The van der Waals surface area contributed by atoms with Crippen LogP contribution in [0.25, 0.3) is 0 Å². The minimum absolute atomic E-state index is 0.505. The Bertz CT molecular complexity index is 367. The molecule has 1 aliphatic carbocycles. The van der Waals surface area contributed by atoms with E-state index in [2.05, 4.69) is 39.0 Å². The zero-order chi connectivity index (χ0) is 14.1. The van der Waals surface area contributed by atoms with Crippen LogP contribution in [-0.4, -0.2) is 6.21 Å². The largest absolute Gasteiger partial charge is 0.313 e. The lowest BCUT2D eigenvalue weighted by Crippen LogP contribution is -2.06. The lowest BCUT2D eigenvalue weighted by Gasteiger charge is -2.17. The van der Waals surface area contributed by atoms with E-state index in [1.807, 2.05) is 0 Å². The van der Waals surface area contributed by atoms with Gasteiger partial charge in [0.1, 0.15) is 0 Å². The summed E-state index contributed by atoms with van der Waals surface area (Å²) in [5.41, 5.74) is 4.54. The van der Waals surface area contributed by atoms with Gasteiger partial charge in [0, 0.05) is 0 Å². The minimum Gasteiger partial charge on any atom is -0.313 e. The predicted octanol–water partition coefficient (Wildman–Crippen LogP) is 5.84. The van der Waals surface area contributed by atoms with Gasteiger partial charge in [0.25, 0.3) is 0 Å². The fourth-order valence-electron chi connectivity index (χ4n) is 2.48. The van der Waals surface area contributed by atoms with Crippen LogP contribution in [-0.2, 0) is 0 Å². The zero-order valence-corrected chi connectivity index (χ0v) is 12.8. The van der Waals surface area contributed by atoms with Crippen LogP contribution in [0.15, 0.2) is 34.9 Å². The first-order valence-electron chi connectivity index (χ1n) is 7.59. The van der Waals surface area contributed by atoms with Gasteiger partial charge in [-0.2, -0.15) is 0 Å². The predicted molar refractivity (Wildman–Crippen MR) is 85.9 cm³/mol. The summed E-state index contributed by atoms with van der Waals surface area (Å²) >= 11 is 0. The highest BCUT2D eigenvalue weighted by Crippen LogP contribution is 2.25. The molecule has 1 nitrogen and oxygen atoms in total. The van der Waals surface area contributed by atoms with Crippen molar-refractivity contribution in [1.82, 2.24) is 0 Å². The van der Waals surface area contributed by atoms with Gasteiger partial charge >= 0.3 is 0 Å². The molecule has 1 rings (SSSR count). The summed E-state index contributed by atoms with van der Waals surface area (Å²) in [6.45, 7) is 6.57. The quantitative estimate of drug-likeness (QED) is 0.439. The molecule has 1 aliphatic rings. The second-order valence-electron chi connectivity index (χ2n) is 5.97. The average Bonchev–Trinajstić information content (AvgIpc) is 2.39. The topological polar surface area (TPSA) is 23.9 Å². The zero-order valence-electron chi connectivity index (χ0n) is 12.8. The van der Waals surface area contributed by atoms with E-state index in [9.17, 15) is 0 Å². The highest BCUT2D eigenvalue weighted by Gasteiger charge is 2.11. The molecule has 1 N–H and O–H groups in total. The Hall–Kier alpha value is -1.11. The van der Waals surface area contributed by atoms with E-state index in [0.717, 1.165) is 6.42 Å². The van der Waals surface area contributed by atoms with Crippen LogP contribution < -0.4 is 0 Å². The number of hydrogen-bond donors (Lipinski definition) is 1. The molecule has 0 amide bonds. The number of rotatable bonds is 7. The second-order valence-corrected chi connectivity index (χ2v) is 5.97. The van der Waals surface area contributed by atoms with Crippen molar-refractivity contribution in [3.63, 3.8) is 0 Å². The first kappa shape index (κ1) is 15.9. The molecule has 0 bridgehead atoms. The van der Waals surface area contributed by atoms with Gasteiger partial charge in [-0.3, -0.25) is 0 Å². The molecule has 0 saturated heterocycles. The Morgan fingerprint density at radius 3 is 2.63 bits per heavy atom. The maximum Gasteiger partial charge on any atom is -0.00135 e. The van der Waals surface area contributed by atoms with Gasteiger partial charge in [-0.05, 0) is 77.8 Å². The molecule has 106 valence electrons. The Labute approximate surface area is 119 Å². The number of nitrogens with one attached hydrogen (secondary N) is 1. The molecule has 1 heteroatoms. The van der Waals surface area contributed by atoms with Crippen molar-refractivity contribution < 1.29 is 0 Å². The summed E-state index contributed by atoms with van der Waals surface area (Å²) < 4.78 is 0. The van der Waals surface area contributed by atoms with Gasteiger partial charge in [-0.15, -0.1) is 0 Å². The third-order valence-corrected chi connectivity index (χ3v) is 3.83. The molecule has 0 radical (unpaired) electrons. The first-order valence-corrected chi connectivity index (χ1v) is 7.59. The van der Waals surface area contributed by atoms with E-state index in [4.69, 9.17) is 5.41 Å². The lowest BCUT2D eigenvalue weighted by atomic mass is 9.88. The third kappa shape index (κ3) is 7.15. The van der Waals surface area contributed by atoms with Gasteiger partial charge in [0.05, 0.1) is 0 Å². The Morgan fingerprint density at radius 1 is 1.26 bits per heavy atom. The SMILES string of the molecule is CC(C)=CCCC(C)=CCCC1=CCC(C=N)CC1. The summed E-state index contributed by atoms with van der Waals surface area (Å²) in [6, 6.07) is 0. The molecular formula is C18H29N. The highest BCUT2D eigenvalue weighted by molar-refractivity contribution is 5.57. The molecule has 0 saturated carbocycles. The van der Waals surface area contributed by atoms with Gasteiger partial charge in [0.15, 0.2) is 0 Å². The molecule has 0 aromatic rings. The van der Waals surface area contributed by atoms with Crippen LogP contribution in [0.3, 0.4) is 0 Å². The van der Waals surface area contributed by atoms with E-state index in [1.54, 1.807) is 11.8 Å². The van der Waals surface area contributed by atoms with Gasteiger partial charge in [-0.1, -0.05) is 34.9 Å². The van der Waals surface area contributed by atoms with Crippen molar-refractivity contribution in [2.45, 2.75) is 65.7 Å². The second kappa shape index (κ2) is 8.90. The molecule has 0 aromatic carbocycles. The molecule has 0 aromatic heterocycles. The van der Waals surface area contributed by atoms with Crippen LogP contribution in [0.1, 0.15) is 65.7 Å². The smallest absolute Gasteiger partial charge is 0.00135 e. The monoisotopic (exact) mass is 259 g/mol. The lowest BCUT2D eigenvalue weighted by molar-refractivity contribution is 0.592.